The van der Waals surface area contributed by atoms with Gasteiger partial charge in [-0.2, -0.15) is 0 Å². The molecule has 0 saturated carbocycles. The van der Waals surface area contributed by atoms with E-state index in [0.717, 1.165) is 25.1 Å². The van der Waals surface area contributed by atoms with Gasteiger partial charge < -0.3 is 10.1 Å². The first-order valence-electron chi connectivity index (χ1n) is 6.83. The molecule has 0 fully saturated rings. The lowest BCUT2D eigenvalue weighted by molar-refractivity contribution is 0.178. The number of benzene rings is 1. The Labute approximate surface area is 104 Å². The van der Waals surface area contributed by atoms with Gasteiger partial charge in [-0.15, -0.1) is 0 Å². The maximum absolute atomic E-state index is 6.17. The fourth-order valence-electron chi connectivity index (χ4n) is 2.66. The van der Waals surface area contributed by atoms with Crippen molar-refractivity contribution in [2.75, 3.05) is 6.54 Å². The molecule has 2 rings (SSSR count). The van der Waals surface area contributed by atoms with Crippen molar-refractivity contribution in [3.05, 3.63) is 29.3 Å². The molecule has 1 aliphatic rings. The van der Waals surface area contributed by atoms with Crippen molar-refractivity contribution in [2.24, 2.45) is 0 Å². The van der Waals surface area contributed by atoms with E-state index >= 15 is 0 Å². The Kier molecular flexibility index (Phi) is 4.06. The molecular weight excluding hydrogens is 210 g/mol. The molecule has 2 heteroatoms. The van der Waals surface area contributed by atoms with Crippen LogP contribution in [0.15, 0.2) is 18.2 Å². The molecule has 0 bridgehead atoms. The van der Waals surface area contributed by atoms with Gasteiger partial charge in [-0.25, -0.2) is 0 Å². The Morgan fingerprint density at radius 2 is 2.06 bits per heavy atom. The van der Waals surface area contributed by atoms with E-state index < -0.39 is 0 Å². The SMILES string of the molecule is CCCC1Oc2c(CC)cccc2C1NCC. The third kappa shape index (κ3) is 2.32. The zero-order chi connectivity index (χ0) is 12.3. The molecular formula is C15H23NO. The summed E-state index contributed by atoms with van der Waals surface area (Å²) in [6, 6.07) is 6.91. The Bertz CT molecular complexity index is 375. The average Bonchev–Trinajstić information content (AvgIpc) is 2.69. The third-order valence-corrected chi connectivity index (χ3v) is 3.48. The predicted octanol–water partition coefficient (Wildman–Crippen LogP) is 3.46. The van der Waals surface area contributed by atoms with Gasteiger partial charge in [0.1, 0.15) is 11.9 Å². The smallest absolute Gasteiger partial charge is 0.127 e. The lowest BCUT2D eigenvalue weighted by Gasteiger charge is -2.19. The summed E-state index contributed by atoms with van der Waals surface area (Å²) in [4.78, 5) is 0. The second-order valence-electron chi connectivity index (χ2n) is 4.67. The summed E-state index contributed by atoms with van der Waals surface area (Å²) >= 11 is 0. The molecule has 17 heavy (non-hydrogen) atoms. The van der Waals surface area contributed by atoms with Gasteiger partial charge in [-0.05, 0) is 24.9 Å². The minimum absolute atomic E-state index is 0.308. The van der Waals surface area contributed by atoms with Crippen LogP contribution in [0, 0.1) is 0 Å². The summed E-state index contributed by atoms with van der Waals surface area (Å²) in [5.41, 5.74) is 2.69. The van der Waals surface area contributed by atoms with Crippen molar-refractivity contribution >= 4 is 0 Å². The fourth-order valence-corrected chi connectivity index (χ4v) is 2.66. The first-order chi connectivity index (χ1) is 8.31. The molecule has 0 radical (unpaired) electrons. The van der Waals surface area contributed by atoms with Crippen molar-refractivity contribution in [1.82, 2.24) is 5.32 Å². The Hall–Kier alpha value is -1.02. The number of rotatable bonds is 5. The molecule has 0 saturated heterocycles. The first kappa shape index (κ1) is 12.4. The number of likely N-dealkylation sites (N-methyl/N-ethyl adjacent to an activating group) is 1. The number of ether oxygens (including phenoxy) is 1. The predicted molar refractivity (Wildman–Crippen MR) is 71.6 cm³/mol. The van der Waals surface area contributed by atoms with Gasteiger partial charge in [-0.3, -0.25) is 0 Å². The first-order valence-corrected chi connectivity index (χ1v) is 6.83. The molecule has 1 aromatic rings. The van der Waals surface area contributed by atoms with E-state index in [-0.39, 0.29) is 0 Å². The lowest BCUT2D eigenvalue weighted by atomic mass is 9.98. The van der Waals surface area contributed by atoms with E-state index in [1.165, 1.54) is 17.5 Å². The second kappa shape index (κ2) is 5.54. The van der Waals surface area contributed by atoms with Gasteiger partial charge in [0.15, 0.2) is 0 Å². The third-order valence-electron chi connectivity index (χ3n) is 3.48. The topological polar surface area (TPSA) is 21.3 Å². The summed E-state index contributed by atoms with van der Waals surface area (Å²) in [6.07, 6.45) is 3.64. The normalized spacial score (nSPS) is 22.3. The molecule has 0 amide bonds. The van der Waals surface area contributed by atoms with Crippen LogP contribution < -0.4 is 10.1 Å². The van der Waals surface area contributed by atoms with Crippen molar-refractivity contribution < 1.29 is 4.74 Å². The summed E-state index contributed by atoms with van der Waals surface area (Å²) in [5.74, 6) is 1.14. The molecule has 94 valence electrons. The van der Waals surface area contributed by atoms with Gasteiger partial charge in [0.05, 0.1) is 6.04 Å². The number of hydrogen-bond donors (Lipinski definition) is 1. The maximum atomic E-state index is 6.17. The summed E-state index contributed by atoms with van der Waals surface area (Å²) in [7, 11) is 0. The van der Waals surface area contributed by atoms with Crippen LogP contribution in [-0.2, 0) is 6.42 Å². The molecule has 2 unspecified atom stereocenters. The van der Waals surface area contributed by atoms with Crippen LogP contribution >= 0.6 is 0 Å². The van der Waals surface area contributed by atoms with Crippen LogP contribution in [0.1, 0.15) is 50.8 Å². The van der Waals surface area contributed by atoms with Crippen LogP contribution in [0.3, 0.4) is 0 Å². The lowest BCUT2D eigenvalue weighted by Crippen LogP contribution is -2.30. The maximum Gasteiger partial charge on any atom is 0.127 e. The van der Waals surface area contributed by atoms with E-state index in [1.54, 1.807) is 0 Å². The number of fused-ring (bicyclic) bond motifs is 1. The minimum Gasteiger partial charge on any atom is -0.488 e. The quantitative estimate of drug-likeness (QED) is 0.841. The van der Waals surface area contributed by atoms with Gasteiger partial charge in [0.2, 0.25) is 0 Å². The van der Waals surface area contributed by atoms with Crippen LogP contribution in [0.5, 0.6) is 5.75 Å². The number of para-hydroxylation sites is 1. The summed E-state index contributed by atoms with van der Waals surface area (Å²) in [5, 5.41) is 3.56. The van der Waals surface area contributed by atoms with Crippen LogP contribution in [0.25, 0.3) is 0 Å². The minimum atomic E-state index is 0.308. The monoisotopic (exact) mass is 233 g/mol. The Morgan fingerprint density at radius 3 is 2.71 bits per heavy atom. The van der Waals surface area contributed by atoms with E-state index in [4.69, 9.17) is 4.74 Å². The highest BCUT2D eigenvalue weighted by Crippen LogP contribution is 2.40. The number of hydrogen-bond acceptors (Lipinski definition) is 2. The highest BCUT2D eigenvalue weighted by molar-refractivity contribution is 5.47. The zero-order valence-corrected chi connectivity index (χ0v) is 11.1. The van der Waals surface area contributed by atoms with Gasteiger partial charge in [-0.1, -0.05) is 45.4 Å². The molecule has 1 heterocycles. The summed E-state index contributed by atoms with van der Waals surface area (Å²) in [6.45, 7) is 7.55. The molecule has 1 N–H and O–H groups in total. The van der Waals surface area contributed by atoms with Gasteiger partial charge >= 0.3 is 0 Å². The molecule has 1 aliphatic heterocycles. The van der Waals surface area contributed by atoms with E-state index in [0.29, 0.717) is 12.1 Å². The molecule has 0 aliphatic carbocycles. The average molecular weight is 233 g/mol. The van der Waals surface area contributed by atoms with Crippen LogP contribution in [-0.4, -0.2) is 12.6 Å². The Balaban J connectivity index is 2.31. The molecule has 0 aromatic heterocycles. The number of nitrogens with one attached hydrogen (secondary N) is 1. The molecule has 0 spiro atoms. The van der Waals surface area contributed by atoms with E-state index in [9.17, 15) is 0 Å². The van der Waals surface area contributed by atoms with Crippen molar-refractivity contribution in [3.63, 3.8) is 0 Å². The summed E-state index contributed by atoms with van der Waals surface area (Å²) < 4.78 is 6.17. The van der Waals surface area contributed by atoms with Crippen molar-refractivity contribution in [3.8, 4) is 5.75 Å². The fraction of sp³-hybridized carbons (Fsp3) is 0.600. The molecule has 2 atom stereocenters. The van der Waals surface area contributed by atoms with Crippen molar-refractivity contribution in [1.29, 1.82) is 0 Å². The van der Waals surface area contributed by atoms with Crippen molar-refractivity contribution in [2.45, 2.75) is 52.2 Å². The van der Waals surface area contributed by atoms with E-state index in [1.807, 2.05) is 0 Å². The molecule has 2 nitrogen and oxygen atoms in total. The van der Waals surface area contributed by atoms with Crippen LogP contribution in [0.4, 0.5) is 0 Å². The van der Waals surface area contributed by atoms with Gasteiger partial charge in [0, 0.05) is 5.56 Å². The van der Waals surface area contributed by atoms with Gasteiger partial charge in [0.25, 0.3) is 0 Å². The largest absolute Gasteiger partial charge is 0.488 e. The highest BCUT2D eigenvalue weighted by Gasteiger charge is 2.33. The Morgan fingerprint density at radius 1 is 1.24 bits per heavy atom. The standard InChI is InChI=1S/C15H23NO/c1-4-8-13-14(16-6-3)12-10-7-9-11(5-2)15(12)17-13/h7,9-10,13-14,16H,4-6,8H2,1-3H3. The highest BCUT2D eigenvalue weighted by atomic mass is 16.5. The van der Waals surface area contributed by atoms with E-state index in [2.05, 4.69) is 44.3 Å². The molecule has 1 aromatic carbocycles. The number of aryl methyl sites for hydroxylation is 1. The van der Waals surface area contributed by atoms with Crippen LogP contribution in [0.2, 0.25) is 0 Å². The zero-order valence-electron chi connectivity index (χ0n) is 11.1. The second-order valence-corrected chi connectivity index (χ2v) is 4.67.